The third-order valence-corrected chi connectivity index (χ3v) is 5.42. The molecular formula is C22H34N6. The number of rotatable bonds is 7. The molecule has 1 aromatic heterocycles. The summed E-state index contributed by atoms with van der Waals surface area (Å²) in [5.41, 5.74) is 5.02. The standard InChI is InChI=1S/C22H34N6/c1-5-20-19(21(6-2)27(4)26-20)15-24-22(23-7-3)25-17-13-14-28(16-17)18-11-9-8-10-12-18/h8-12,17H,5-7,13-16H2,1-4H3,(H2,23,24,25). The Morgan fingerprint density at radius 3 is 2.64 bits per heavy atom. The van der Waals surface area contributed by atoms with Crippen LogP contribution in [0.2, 0.25) is 0 Å². The molecular weight excluding hydrogens is 348 g/mol. The van der Waals surface area contributed by atoms with Crippen LogP contribution in [-0.4, -0.2) is 41.4 Å². The summed E-state index contributed by atoms with van der Waals surface area (Å²) in [6, 6.07) is 11.0. The Balaban J connectivity index is 1.67. The lowest BCUT2D eigenvalue weighted by atomic mass is 10.1. The molecule has 1 unspecified atom stereocenters. The minimum Gasteiger partial charge on any atom is -0.369 e. The van der Waals surface area contributed by atoms with E-state index in [2.05, 4.69) is 71.7 Å². The lowest BCUT2D eigenvalue weighted by Gasteiger charge is -2.20. The summed E-state index contributed by atoms with van der Waals surface area (Å²) >= 11 is 0. The summed E-state index contributed by atoms with van der Waals surface area (Å²) in [6.45, 7) is 10.1. The summed E-state index contributed by atoms with van der Waals surface area (Å²) in [5, 5.41) is 11.7. The van der Waals surface area contributed by atoms with E-state index in [4.69, 9.17) is 4.99 Å². The highest BCUT2D eigenvalue weighted by atomic mass is 15.3. The highest BCUT2D eigenvalue weighted by Gasteiger charge is 2.23. The van der Waals surface area contributed by atoms with Crippen LogP contribution < -0.4 is 15.5 Å². The highest BCUT2D eigenvalue weighted by Crippen LogP contribution is 2.20. The van der Waals surface area contributed by atoms with Gasteiger partial charge in [0.25, 0.3) is 0 Å². The van der Waals surface area contributed by atoms with Crippen LogP contribution in [0.5, 0.6) is 0 Å². The van der Waals surface area contributed by atoms with Crippen molar-refractivity contribution in [3.63, 3.8) is 0 Å². The van der Waals surface area contributed by atoms with Gasteiger partial charge in [-0.15, -0.1) is 0 Å². The number of aromatic nitrogens is 2. The quantitative estimate of drug-likeness (QED) is 0.571. The van der Waals surface area contributed by atoms with E-state index in [0.717, 1.165) is 50.6 Å². The lowest BCUT2D eigenvalue weighted by Crippen LogP contribution is -2.44. The van der Waals surface area contributed by atoms with Gasteiger partial charge in [-0.3, -0.25) is 4.68 Å². The van der Waals surface area contributed by atoms with Gasteiger partial charge in [-0.05, 0) is 38.3 Å². The number of benzene rings is 1. The molecule has 1 aliphatic rings. The van der Waals surface area contributed by atoms with Gasteiger partial charge < -0.3 is 15.5 Å². The number of anilines is 1. The second kappa shape index (κ2) is 9.62. The first-order valence-corrected chi connectivity index (χ1v) is 10.5. The number of hydrogen-bond acceptors (Lipinski definition) is 3. The van der Waals surface area contributed by atoms with Crippen molar-refractivity contribution in [1.82, 2.24) is 20.4 Å². The molecule has 6 heteroatoms. The molecule has 1 aliphatic heterocycles. The van der Waals surface area contributed by atoms with Crippen LogP contribution in [0.3, 0.4) is 0 Å². The number of guanidine groups is 1. The first-order valence-electron chi connectivity index (χ1n) is 10.5. The average Bonchev–Trinajstić information content (AvgIpc) is 3.30. The van der Waals surface area contributed by atoms with Crippen molar-refractivity contribution in [3.8, 4) is 0 Å². The Kier molecular flexibility index (Phi) is 6.95. The van der Waals surface area contributed by atoms with E-state index in [9.17, 15) is 0 Å². The summed E-state index contributed by atoms with van der Waals surface area (Å²) in [4.78, 5) is 7.34. The van der Waals surface area contributed by atoms with Gasteiger partial charge in [-0.1, -0.05) is 32.0 Å². The fourth-order valence-corrected chi connectivity index (χ4v) is 4.00. The number of hydrogen-bond donors (Lipinski definition) is 2. The molecule has 0 spiro atoms. The fraction of sp³-hybridized carbons (Fsp3) is 0.545. The fourth-order valence-electron chi connectivity index (χ4n) is 4.00. The van der Waals surface area contributed by atoms with E-state index in [0.29, 0.717) is 12.6 Å². The summed E-state index contributed by atoms with van der Waals surface area (Å²) < 4.78 is 2.01. The number of nitrogens with zero attached hydrogens (tertiary/aromatic N) is 4. The van der Waals surface area contributed by atoms with E-state index in [1.807, 2.05) is 11.7 Å². The first kappa shape index (κ1) is 20.2. The maximum absolute atomic E-state index is 4.90. The average molecular weight is 383 g/mol. The molecule has 6 nitrogen and oxygen atoms in total. The van der Waals surface area contributed by atoms with E-state index in [-0.39, 0.29) is 0 Å². The van der Waals surface area contributed by atoms with Crippen LogP contribution in [-0.2, 0) is 26.4 Å². The first-order chi connectivity index (χ1) is 13.7. The molecule has 0 bridgehead atoms. The molecule has 152 valence electrons. The number of nitrogens with one attached hydrogen (secondary N) is 2. The smallest absolute Gasteiger partial charge is 0.191 e. The Morgan fingerprint density at radius 2 is 1.96 bits per heavy atom. The Labute approximate surface area is 169 Å². The van der Waals surface area contributed by atoms with Crippen LogP contribution in [0.4, 0.5) is 5.69 Å². The van der Waals surface area contributed by atoms with Gasteiger partial charge in [0, 0.05) is 49.7 Å². The maximum Gasteiger partial charge on any atom is 0.191 e. The number of aryl methyl sites for hydroxylation is 2. The molecule has 0 amide bonds. The van der Waals surface area contributed by atoms with Crippen LogP contribution in [0.15, 0.2) is 35.3 Å². The Hall–Kier alpha value is -2.50. The van der Waals surface area contributed by atoms with Crippen LogP contribution >= 0.6 is 0 Å². The second-order valence-electron chi connectivity index (χ2n) is 7.31. The van der Waals surface area contributed by atoms with E-state index >= 15 is 0 Å². The maximum atomic E-state index is 4.90. The molecule has 0 aliphatic carbocycles. The van der Waals surface area contributed by atoms with Crippen molar-refractivity contribution in [2.24, 2.45) is 12.0 Å². The SMILES string of the molecule is CCNC(=NCc1c(CC)nn(C)c1CC)NC1CCN(c2ccccc2)C1. The van der Waals surface area contributed by atoms with E-state index < -0.39 is 0 Å². The van der Waals surface area contributed by atoms with Gasteiger partial charge >= 0.3 is 0 Å². The van der Waals surface area contributed by atoms with Crippen molar-refractivity contribution in [2.75, 3.05) is 24.5 Å². The van der Waals surface area contributed by atoms with Crippen LogP contribution in [0, 0.1) is 0 Å². The molecule has 2 heterocycles. The Morgan fingerprint density at radius 1 is 1.18 bits per heavy atom. The topological polar surface area (TPSA) is 57.5 Å². The number of para-hydroxylation sites is 1. The van der Waals surface area contributed by atoms with Crippen molar-refractivity contribution < 1.29 is 0 Å². The van der Waals surface area contributed by atoms with Gasteiger partial charge in [0.1, 0.15) is 0 Å². The van der Waals surface area contributed by atoms with E-state index in [1.54, 1.807) is 0 Å². The highest BCUT2D eigenvalue weighted by molar-refractivity contribution is 5.80. The van der Waals surface area contributed by atoms with Crippen LogP contribution in [0.25, 0.3) is 0 Å². The molecule has 1 atom stereocenters. The second-order valence-corrected chi connectivity index (χ2v) is 7.31. The molecule has 2 aromatic rings. The monoisotopic (exact) mass is 382 g/mol. The van der Waals surface area contributed by atoms with Gasteiger partial charge in [0.05, 0.1) is 12.2 Å². The minimum atomic E-state index is 0.406. The van der Waals surface area contributed by atoms with Crippen LogP contribution in [0.1, 0.15) is 44.1 Å². The van der Waals surface area contributed by atoms with Gasteiger partial charge in [0.2, 0.25) is 0 Å². The van der Waals surface area contributed by atoms with Crippen molar-refractivity contribution in [2.45, 2.75) is 52.6 Å². The molecule has 0 radical (unpaired) electrons. The Bertz CT molecular complexity index is 780. The minimum absolute atomic E-state index is 0.406. The summed E-state index contributed by atoms with van der Waals surface area (Å²) in [5.74, 6) is 0.898. The summed E-state index contributed by atoms with van der Waals surface area (Å²) in [6.07, 6.45) is 3.04. The third-order valence-electron chi connectivity index (χ3n) is 5.42. The molecule has 1 saturated heterocycles. The van der Waals surface area contributed by atoms with Crippen molar-refractivity contribution in [1.29, 1.82) is 0 Å². The summed E-state index contributed by atoms with van der Waals surface area (Å²) in [7, 11) is 2.03. The normalized spacial score (nSPS) is 17.2. The molecule has 1 aromatic carbocycles. The molecule has 0 saturated carbocycles. The molecule has 3 rings (SSSR count). The zero-order valence-corrected chi connectivity index (χ0v) is 17.7. The van der Waals surface area contributed by atoms with Crippen molar-refractivity contribution in [3.05, 3.63) is 47.3 Å². The number of aliphatic imine (C=N–C) groups is 1. The third kappa shape index (κ3) is 4.66. The lowest BCUT2D eigenvalue weighted by molar-refractivity contribution is 0.649. The molecule has 1 fully saturated rings. The predicted octanol–water partition coefficient (Wildman–Crippen LogP) is 2.88. The van der Waals surface area contributed by atoms with Gasteiger partial charge in [0.15, 0.2) is 5.96 Å². The zero-order valence-electron chi connectivity index (χ0n) is 17.7. The predicted molar refractivity (Wildman–Crippen MR) is 117 cm³/mol. The largest absolute Gasteiger partial charge is 0.369 e. The van der Waals surface area contributed by atoms with Crippen molar-refractivity contribution >= 4 is 11.6 Å². The molecule has 2 N–H and O–H groups in total. The van der Waals surface area contributed by atoms with E-state index in [1.165, 1.54) is 16.9 Å². The zero-order chi connectivity index (χ0) is 19.9. The molecule has 28 heavy (non-hydrogen) atoms. The van der Waals surface area contributed by atoms with Gasteiger partial charge in [-0.2, -0.15) is 5.10 Å². The van der Waals surface area contributed by atoms with Gasteiger partial charge in [-0.25, -0.2) is 4.99 Å².